The fraction of sp³-hybridized carbons (Fsp3) is 0.350. The van der Waals surface area contributed by atoms with E-state index in [1.165, 1.54) is 41.5 Å². The van der Waals surface area contributed by atoms with Crippen molar-refractivity contribution in [3.8, 4) is 0 Å². The maximum Gasteiger partial charge on any atom is 0.163 e. The van der Waals surface area contributed by atoms with E-state index in [4.69, 9.17) is 0 Å². The lowest BCUT2D eigenvalue weighted by Gasteiger charge is -2.22. The van der Waals surface area contributed by atoms with E-state index < -0.39 is 0 Å². The number of hydrogen-bond donors (Lipinski definition) is 0. The third kappa shape index (κ3) is 2.21. The molecule has 0 aromatic heterocycles. The largest absolute Gasteiger partial charge is 0.294 e. The Labute approximate surface area is 126 Å². The number of carbonyl (C=O) groups is 1. The highest BCUT2D eigenvalue weighted by Crippen LogP contribution is 2.35. The molecule has 1 heteroatoms. The highest BCUT2D eigenvalue weighted by atomic mass is 16.1. The maximum absolute atomic E-state index is 12.2. The smallest absolute Gasteiger partial charge is 0.163 e. The minimum atomic E-state index is 0.354. The Morgan fingerprint density at radius 3 is 2.52 bits per heavy atom. The molecular formula is C20H20O. The van der Waals surface area contributed by atoms with E-state index in [1.807, 2.05) is 0 Å². The lowest BCUT2D eigenvalue weighted by atomic mass is 9.82. The van der Waals surface area contributed by atoms with Crippen LogP contribution in [-0.2, 0) is 25.7 Å². The van der Waals surface area contributed by atoms with Crippen LogP contribution in [0.25, 0.3) is 0 Å². The highest BCUT2D eigenvalue weighted by Gasteiger charge is 2.27. The van der Waals surface area contributed by atoms with Gasteiger partial charge in [0.05, 0.1) is 0 Å². The van der Waals surface area contributed by atoms with Crippen LogP contribution in [0.1, 0.15) is 57.4 Å². The zero-order valence-electron chi connectivity index (χ0n) is 12.3. The number of rotatable bonds is 2. The monoisotopic (exact) mass is 276 g/mol. The van der Waals surface area contributed by atoms with Crippen LogP contribution >= 0.6 is 0 Å². The molecule has 0 N–H and O–H groups in total. The second-order valence-electron chi connectivity index (χ2n) is 6.31. The molecule has 0 amide bonds. The molecule has 0 saturated carbocycles. The maximum atomic E-state index is 12.2. The SMILES string of the molecule is O=C1CCc2c1cc1c(c2Cc2ccccc2)CCCC1. The number of benzene rings is 2. The van der Waals surface area contributed by atoms with E-state index in [1.54, 1.807) is 5.56 Å². The number of carbonyl (C=O) groups excluding carboxylic acids is 1. The van der Waals surface area contributed by atoms with E-state index in [0.717, 1.165) is 24.8 Å². The molecule has 21 heavy (non-hydrogen) atoms. The summed E-state index contributed by atoms with van der Waals surface area (Å²) in [4.78, 5) is 12.2. The summed E-state index contributed by atoms with van der Waals surface area (Å²) in [7, 11) is 0. The van der Waals surface area contributed by atoms with Crippen LogP contribution < -0.4 is 0 Å². The van der Waals surface area contributed by atoms with Crippen LogP contribution in [0, 0.1) is 0 Å². The Kier molecular flexibility index (Phi) is 3.14. The number of Topliss-reactive ketones (excluding diaryl/α,β-unsaturated/α-hetero) is 1. The molecule has 0 atom stereocenters. The van der Waals surface area contributed by atoms with Gasteiger partial charge in [-0.05, 0) is 72.4 Å². The first kappa shape index (κ1) is 12.8. The highest BCUT2D eigenvalue weighted by molar-refractivity contribution is 6.01. The Hall–Kier alpha value is -1.89. The first-order chi connectivity index (χ1) is 10.3. The van der Waals surface area contributed by atoms with Crippen molar-refractivity contribution in [2.75, 3.05) is 0 Å². The van der Waals surface area contributed by atoms with Gasteiger partial charge in [0.1, 0.15) is 0 Å². The summed E-state index contributed by atoms with van der Waals surface area (Å²) in [5, 5.41) is 0. The molecule has 2 aromatic rings. The third-order valence-electron chi connectivity index (χ3n) is 5.01. The van der Waals surface area contributed by atoms with E-state index in [2.05, 4.69) is 36.4 Å². The van der Waals surface area contributed by atoms with Crippen LogP contribution in [0.4, 0.5) is 0 Å². The number of hydrogen-bond acceptors (Lipinski definition) is 1. The molecule has 0 unspecified atom stereocenters. The van der Waals surface area contributed by atoms with Crippen molar-refractivity contribution in [1.29, 1.82) is 0 Å². The summed E-state index contributed by atoms with van der Waals surface area (Å²) in [5.74, 6) is 0.354. The average molecular weight is 276 g/mol. The lowest BCUT2D eigenvalue weighted by Crippen LogP contribution is -2.11. The van der Waals surface area contributed by atoms with Gasteiger partial charge >= 0.3 is 0 Å². The first-order valence-electron chi connectivity index (χ1n) is 8.06. The molecule has 0 heterocycles. The second-order valence-corrected chi connectivity index (χ2v) is 6.31. The summed E-state index contributed by atoms with van der Waals surface area (Å²) in [5.41, 5.74) is 8.21. The van der Waals surface area contributed by atoms with Gasteiger partial charge in [-0.25, -0.2) is 0 Å². The number of ketones is 1. The molecule has 0 bridgehead atoms. The van der Waals surface area contributed by atoms with Crippen LogP contribution in [-0.4, -0.2) is 5.78 Å². The van der Waals surface area contributed by atoms with Crippen molar-refractivity contribution in [3.63, 3.8) is 0 Å². The zero-order valence-corrected chi connectivity index (χ0v) is 12.3. The summed E-state index contributed by atoms with van der Waals surface area (Å²) in [6, 6.07) is 12.9. The summed E-state index contributed by atoms with van der Waals surface area (Å²) < 4.78 is 0. The summed E-state index contributed by atoms with van der Waals surface area (Å²) in [6.45, 7) is 0. The van der Waals surface area contributed by atoms with Crippen molar-refractivity contribution in [2.45, 2.75) is 44.9 Å². The molecule has 0 saturated heterocycles. The summed E-state index contributed by atoms with van der Waals surface area (Å²) >= 11 is 0. The normalized spacial score (nSPS) is 16.7. The first-order valence-corrected chi connectivity index (χ1v) is 8.06. The van der Waals surface area contributed by atoms with Crippen molar-refractivity contribution < 1.29 is 4.79 Å². The number of aryl methyl sites for hydroxylation is 1. The molecule has 2 aromatic carbocycles. The minimum Gasteiger partial charge on any atom is -0.294 e. The zero-order chi connectivity index (χ0) is 14.2. The van der Waals surface area contributed by atoms with Gasteiger partial charge in [-0.3, -0.25) is 4.79 Å². The van der Waals surface area contributed by atoms with Crippen molar-refractivity contribution in [2.24, 2.45) is 0 Å². The van der Waals surface area contributed by atoms with Gasteiger partial charge in [0.25, 0.3) is 0 Å². The second kappa shape index (κ2) is 5.14. The van der Waals surface area contributed by atoms with Gasteiger partial charge in [0.15, 0.2) is 5.78 Å². The standard InChI is InChI=1S/C20H20O/c21-20-11-10-17-18(12-14-6-2-1-3-7-14)16-9-5-4-8-15(16)13-19(17)20/h1-3,6-7,13H,4-5,8-12H2. The van der Waals surface area contributed by atoms with E-state index in [-0.39, 0.29) is 0 Å². The van der Waals surface area contributed by atoms with Gasteiger partial charge in [0.2, 0.25) is 0 Å². The third-order valence-corrected chi connectivity index (χ3v) is 5.01. The van der Waals surface area contributed by atoms with Crippen molar-refractivity contribution >= 4 is 5.78 Å². The van der Waals surface area contributed by atoms with Crippen LogP contribution in [0.2, 0.25) is 0 Å². The molecule has 2 aliphatic carbocycles. The Morgan fingerprint density at radius 2 is 1.67 bits per heavy atom. The van der Waals surface area contributed by atoms with Gasteiger partial charge in [-0.1, -0.05) is 30.3 Å². The molecule has 0 fully saturated rings. The topological polar surface area (TPSA) is 17.1 Å². The van der Waals surface area contributed by atoms with Gasteiger partial charge in [0, 0.05) is 12.0 Å². The van der Waals surface area contributed by atoms with Gasteiger partial charge in [-0.15, -0.1) is 0 Å². The van der Waals surface area contributed by atoms with Crippen molar-refractivity contribution in [3.05, 3.63) is 69.8 Å². The predicted molar refractivity (Wildman–Crippen MR) is 85.0 cm³/mol. The van der Waals surface area contributed by atoms with Crippen LogP contribution in [0.3, 0.4) is 0 Å². The van der Waals surface area contributed by atoms with E-state index >= 15 is 0 Å². The van der Waals surface area contributed by atoms with Gasteiger partial charge in [-0.2, -0.15) is 0 Å². The predicted octanol–water partition coefficient (Wildman–Crippen LogP) is 4.29. The Balaban J connectivity index is 1.86. The Bertz CT molecular complexity index is 698. The van der Waals surface area contributed by atoms with Crippen molar-refractivity contribution in [1.82, 2.24) is 0 Å². The molecule has 1 nitrogen and oxygen atoms in total. The molecule has 0 radical (unpaired) electrons. The average Bonchev–Trinajstić information content (AvgIpc) is 2.90. The minimum absolute atomic E-state index is 0.354. The molecule has 2 aliphatic rings. The molecule has 0 spiro atoms. The van der Waals surface area contributed by atoms with Crippen LogP contribution in [0.5, 0.6) is 0 Å². The fourth-order valence-corrected chi connectivity index (χ4v) is 3.96. The van der Waals surface area contributed by atoms with Crippen LogP contribution in [0.15, 0.2) is 36.4 Å². The number of fused-ring (bicyclic) bond motifs is 2. The summed E-state index contributed by atoms with van der Waals surface area (Å²) in [6.07, 6.45) is 7.55. The fourth-order valence-electron chi connectivity index (χ4n) is 3.96. The van der Waals surface area contributed by atoms with E-state index in [9.17, 15) is 4.79 Å². The Morgan fingerprint density at radius 1 is 0.857 bits per heavy atom. The van der Waals surface area contributed by atoms with Gasteiger partial charge < -0.3 is 0 Å². The molecular weight excluding hydrogens is 256 g/mol. The molecule has 0 aliphatic heterocycles. The van der Waals surface area contributed by atoms with E-state index in [0.29, 0.717) is 12.2 Å². The molecule has 4 rings (SSSR count). The lowest BCUT2D eigenvalue weighted by molar-refractivity contribution is 0.0994. The quantitative estimate of drug-likeness (QED) is 0.800. The molecule has 106 valence electrons.